The van der Waals surface area contributed by atoms with E-state index in [9.17, 15) is 4.79 Å². The molecule has 2 rings (SSSR count). The van der Waals surface area contributed by atoms with Gasteiger partial charge in [-0.1, -0.05) is 44.5 Å². The second kappa shape index (κ2) is 6.90. The van der Waals surface area contributed by atoms with Gasteiger partial charge < -0.3 is 0 Å². The molecule has 0 radical (unpaired) electrons. The minimum Gasteiger partial charge on any atom is -0.294 e. The van der Waals surface area contributed by atoms with Crippen molar-refractivity contribution in [2.75, 3.05) is 0 Å². The topological polar surface area (TPSA) is 34.9 Å². The summed E-state index contributed by atoms with van der Waals surface area (Å²) in [5, 5.41) is 5.38. The number of ketones is 1. The molecule has 0 aliphatic rings. The largest absolute Gasteiger partial charge is 0.294 e. The van der Waals surface area contributed by atoms with E-state index >= 15 is 0 Å². The first-order valence-electron chi connectivity index (χ1n) is 7.46. The number of aromatic nitrogens is 2. The number of nitrogens with zero attached hydrogens (tertiary/aromatic N) is 2. The first-order valence-corrected chi connectivity index (χ1v) is 7.84. The third kappa shape index (κ3) is 3.35. The normalized spacial score (nSPS) is 10.9. The smallest absolute Gasteiger partial charge is 0.166 e. The Morgan fingerprint density at radius 1 is 1.14 bits per heavy atom. The maximum Gasteiger partial charge on any atom is 0.166 e. The van der Waals surface area contributed by atoms with Crippen LogP contribution in [-0.2, 0) is 19.4 Å². The minimum absolute atomic E-state index is 0.186. The number of hydrogen-bond donors (Lipinski definition) is 0. The summed E-state index contributed by atoms with van der Waals surface area (Å²) >= 11 is 5.92. The highest BCUT2D eigenvalue weighted by Crippen LogP contribution is 2.20. The fourth-order valence-electron chi connectivity index (χ4n) is 2.55. The van der Waals surface area contributed by atoms with Crippen molar-refractivity contribution in [3.63, 3.8) is 0 Å². The lowest BCUT2D eigenvalue weighted by Gasteiger charge is -2.07. The van der Waals surface area contributed by atoms with Crippen molar-refractivity contribution in [1.29, 1.82) is 0 Å². The third-order valence-electron chi connectivity index (χ3n) is 3.65. The van der Waals surface area contributed by atoms with Gasteiger partial charge >= 0.3 is 0 Å². The van der Waals surface area contributed by atoms with E-state index in [1.165, 1.54) is 0 Å². The van der Waals surface area contributed by atoms with Crippen LogP contribution in [0.1, 0.15) is 54.5 Å². The average molecular weight is 305 g/mol. The zero-order valence-electron chi connectivity index (χ0n) is 12.8. The van der Waals surface area contributed by atoms with Crippen LogP contribution in [0.15, 0.2) is 24.3 Å². The van der Waals surface area contributed by atoms with Crippen molar-refractivity contribution < 1.29 is 4.79 Å². The van der Waals surface area contributed by atoms with Crippen molar-refractivity contribution >= 4 is 17.4 Å². The lowest BCUT2D eigenvalue weighted by atomic mass is 10.0. The Labute approximate surface area is 130 Å². The van der Waals surface area contributed by atoms with Crippen LogP contribution in [0.25, 0.3) is 0 Å². The molecule has 0 amide bonds. The molecular weight excluding hydrogens is 284 g/mol. The van der Waals surface area contributed by atoms with Crippen molar-refractivity contribution in [2.24, 2.45) is 0 Å². The summed E-state index contributed by atoms with van der Waals surface area (Å²) in [7, 11) is 0. The number of hydrogen-bond acceptors (Lipinski definition) is 2. The lowest BCUT2D eigenvalue weighted by molar-refractivity contribution is 0.0986. The van der Waals surface area contributed by atoms with Gasteiger partial charge in [0, 0.05) is 17.1 Å². The summed E-state index contributed by atoms with van der Waals surface area (Å²) in [6.45, 7) is 6.68. The molecule has 0 spiro atoms. The van der Waals surface area contributed by atoms with Crippen molar-refractivity contribution in [1.82, 2.24) is 9.78 Å². The van der Waals surface area contributed by atoms with E-state index in [1.54, 1.807) is 0 Å². The SMILES string of the molecule is CCC(=O)c1c(CC)nn(Cc2ccc(Cl)cc2)c1CC. The molecule has 0 saturated carbocycles. The van der Waals surface area contributed by atoms with Gasteiger partial charge in [0.15, 0.2) is 5.78 Å². The van der Waals surface area contributed by atoms with Gasteiger partial charge in [0.1, 0.15) is 0 Å². The Bertz CT molecular complexity index is 629. The van der Waals surface area contributed by atoms with Crippen LogP contribution in [0.2, 0.25) is 5.02 Å². The van der Waals surface area contributed by atoms with E-state index in [-0.39, 0.29) is 5.78 Å². The van der Waals surface area contributed by atoms with Gasteiger partial charge in [-0.3, -0.25) is 9.48 Å². The van der Waals surface area contributed by atoms with Gasteiger partial charge in [0.2, 0.25) is 0 Å². The van der Waals surface area contributed by atoms with Crippen LogP contribution in [0.4, 0.5) is 0 Å². The maximum absolute atomic E-state index is 12.2. The Morgan fingerprint density at radius 2 is 1.81 bits per heavy atom. The van der Waals surface area contributed by atoms with Gasteiger partial charge in [0.25, 0.3) is 0 Å². The Morgan fingerprint density at radius 3 is 2.33 bits per heavy atom. The van der Waals surface area contributed by atoms with E-state index < -0.39 is 0 Å². The summed E-state index contributed by atoms with van der Waals surface area (Å²) in [5.41, 5.74) is 3.91. The summed E-state index contributed by atoms with van der Waals surface area (Å²) in [4.78, 5) is 12.2. The van der Waals surface area contributed by atoms with Gasteiger partial charge in [-0.15, -0.1) is 0 Å². The number of Topliss-reactive ketones (excluding diaryl/α,β-unsaturated/α-hetero) is 1. The van der Waals surface area contributed by atoms with Crippen LogP contribution in [-0.4, -0.2) is 15.6 Å². The second-order valence-corrected chi connectivity index (χ2v) is 5.47. The molecule has 1 aromatic heterocycles. The first-order chi connectivity index (χ1) is 10.1. The molecular formula is C17H21ClN2O. The lowest BCUT2D eigenvalue weighted by Crippen LogP contribution is -2.08. The molecule has 0 aliphatic carbocycles. The number of rotatable bonds is 6. The highest BCUT2D eigenvalue weighted by atomic mass is 35.5. The van der Waals surface area contributed by atoms with Crippen LogP contribution >= 0.6 is 11.6 Å². The molecule has 0 bridgehead atoms. The first kappa shape index (κ1) is 15.8. The highest BCUT2D eigenvalue weighted by Gasteiger charge is 2.20. The van der Waals surface area contributed by atoms with Crippen LogP contribution in [0, 0.1) is 0 Å². The number of carbonyl (C=O) groups is 1. The van der Waals surface area contributed by atoms with Crippen molar-refractivity contribution in [3.05, 3.63) is 51.8 Å². The minimum atomic E-state index is 0.186. The van der Waals surface area contributed by atoms with Crippen molar-refractivity contribution in [3.8, 4) is 0 Å². The van der Waals surface area contributed by atoms with E-state index in [0.717, 1.165) is 40.4 Å². The van der Waals surface area contributed by atoms with Gasteiger partial charge in [0.05, 0.1) is 17.8 Å². The maximum atomic E-state index is 12.2. The van der Waals surface area contributed by atoms with E-state index in [0.29, 0.717) is 13.0 Å². The Balaban J connectivity index is 2.41. The van der Waals surface area contributed by atoms with Crippen LogP contribution in [0.5, 0.6) is 0 Å². The quantitative estimate of drug-likeness (QED) is 0.746. The molecule has 0 saturated heterocycles. The molecule has 3 nitrogen and oxygen atoms in total. The molecule has 1 aromatic carbocycles. The number of aryl methyl sites for hydroxylation is 1. The molecule has 0 atom stereocenters. The molecule has 112 valence electrons. The molecule has 0 aliphatic heterocycles. The number of benzene rings is 1. The van der Waals surface area contributed by atoms with Crippen molar-refractivity contribution in [2.45, 2.75) is 46.6 Å². The summed E-state index contributed by atoms with van der Waals surface area (Å²) in [6.07, 6.45) is 2.11. The molecule has 0 fully saturated rings. The number of halogens is 1. The Hall–Kier alpha value is -1.61. The molecule has 2 aromatic rings. The van der Waals surface area contributed by atoms with Crippen LogP contribution < -0.4 is 0 Å². The van der Waals surface area contributed by atoms with E-state index in [2.05, 4.69) is 12.0 Å². The Kier molecular flexibility index (Phi) is 5.18. The fraction of sp³-hybridized carbons (Fsp3) is 0.412. The molecule has 1 heterocycles. The average Bonchev–Trinajstić information content (AvgIpc) is 2.86. The zero-order chi connectivity index (χ0) is 15.4. The predicted octanol–water partition coefficient (Wildman–Crippen LogP) is 4.30. The van der Waals surface area contributed by atoms with Gasteiger partial charge in [-0.2, -0.15) is 5.10 Å². The van der Waals surface area contributed by atoms with Gasteiger partial charge in [-0.05, 0) is 30.5 Å². The highest BCUT2D eigenvalue weighted by molar-refractivity contribution is 6.30. The van der Waals surface area contributed by atoms with E-state index in [1.807, 2.05) is 42.8 Å². The number of carbonyl (C=O) groups excluding carboxylic acids is 1. The summed E-state index contributed by atoms with van der Waals surface area (Å²) in [6, 6.07) is 7.75. The summed E-state index contributed by atoms with van der Waals surface area (Å²) < 4.78 is 1.96. The third-order valence-corrected chi connectivity index (χ3v) is 3.90. The molecule has 0 unspecified atom stereocenters. The second-order valence-electron chi connectivity index (χ2n) is 5.04. The molecule has 4 heteroatoms. The van der Waals surface area contributed by atoms with Crippen LogP contribution in [0.3, 0.4) is 0 Å². The van der Waals surface area contributed by atoms with E-state index in [4.69, 9.17) is 11.6 Å². The van der Waals surface area contributed by atoms with Gasteiger partial charge in [-0.25, -0.2) is 0 Å². The molecule has 21 heavy (non-hydrogen) atoms. The standard InChI is InChI=1S/C17H21ClN2O/c1-4-14-17(16(21)6-3)15(5-2)20(19-14)11-12-7-9-13(18)10-8-12/h7-10H,4-6,11H2,1-3H3. The molecule has 0 N–H and O–H groups in total. The zero-order valence-corrected chi connectivity index (χ0v) is 13.6. The predicted molar refractivity (Wildman–Crippen MR) is 86.2 cm³/mol. The monoisotopic (exact) mass is 304 g/mol. The fourth-order valence-corrected chi connectivity index (χ4v) is 2.68. The summed E-state index contributed by atoms with van der Waals surface area (Å²) in [5.74, 6) is 0.186.